The molecule has 0 saturated heterocycles. The molecule has 0 aromatic heterocycles. The zero-order chi connectivity index (χ0) is 11.3. The molecule has 0 atom stereocenters. The maximum absolute atomic E-state index is 10.6. The Morgan fingerprint density at radius 3 is 2.60 bits per heavy atom. The van der Waals surface area contributed by atoms with Crippen LogP contribution in [0.15, 0.2) is 29.2 Å². The Kier molecular flexibility index (Phi) is 4.58. The van der Waals surface area contributed by atoms with Gasteiger partial charge in [0, 0.05) is 30.1 Å². The van der Waals surface area contributed by atoms with Gasteiger partial charge in [-0.05, 0) is 18.0 Å². The minimum absolute atomic E-state index is 0.146. The fourth-order valence-corrected chi connectivity index (χ4v) is 2.02. The molecular formula is C10H14N2O2S. The molecule has 15 heavy (non-hydrogen) atoms. The van der Waals surface area contributed by atoms with Gasteiger partial charge in [0.1, 0.15) is 0 Å². The van der Waals surface area contributed by atoms with E-state index in [0.717, 1.165) is 18.0 Å². The first-order chi connectivity index (χ1) is 7.17. The van der Waals surface area contributed by atoms with Crippen LogP contribution in [0, 0.1) is 10.1 Å². The molecule has 0 bridgehead atoms. The van der Waals surface area contributed by atoms with E-state index in [1.807, 2.05) is 6.07 Å². The summed E-state index contributed by atoms with van der Waals surface area (Å²) in [6.45, 7) is 5.97. The summed E-state index contributed by atoms with van der Waals surface area (Å²) in [5.41, 5.74) is 0.146. The van der Waals surface area contributed by atoms with Crippen LogP contribution >= 0.6 is 11.9 Å². The van der Waals surface area contributed by atoms with Gasteiger partial charge in [0.05, 0.1) is 4.92 Å². The molecule has 0 unspecified atom stereocenters. The van der Waals surface area contributed by atoms with Gasteiger partial charge in [0.25, 0.3) is 5.69 Å². The van der Waals surface area contributed by atoms with Crippen LogP contribution in [0.2, 0.25) is 0 Å². The fraction of sp³-hybridized carbons (Fsp3) is 0.400. The van der Waals surface area contributed by atoms with E-state index in [1.165, 1.54) is 6.07 Å². The van der Waals surface area contributed by atoms with E-state index in [2.05, 4.69) is 18.2 Å². The van der Waals surface area contributed by atoms with E-state index in [1.54, 1.807) is 24.1 Å². The van der Waals surface area contributed by atoms with E-state index in [9.17, 15) is 10.1 Å². The maximum atomic E-state index is 10.6. The van der Waals surface area contributed by atoms with E-state index in [4.69, 9.17) is 0 Å². The first kappa shape index (κ1) is 12.0. The summed E-state index contributed by atoms with van der Waals surface area (Å²) in [4.78, 5) is 11.1. The van der Waals surface area contributed by atoms with Crippen LogP contribution in [0.4, 0.5) is 5.69 Å². The van der Waals surface area contributed by atoms with Gasteiger partial charge in [-0.1, -0.05) is 19.9 Å². The normalized spacial score (nSPS) is 10.6. The molecule has 1 aromatic rings. The van der Waals surface area contributed by atoms with Crippen molar-refractivity contribution in [3.8, 4) is 0 Å². The van der Waals surface area contributed by atoms with Gasteiger partial charge < -0.3 is 0 Å². The summed E-state index contributed by atoms with van der Waals surface area (Å²) in [6, 6.07) is 6.70. The molecule has 0 radical (unpaired) electrons. The van der Waals surface area contributed by atoms with Crippen molar-refractivity contribution in [1.29, 1.82) is 0 Å². The van der Waals surface area contributed by atoms with Crippen molar-refractivity contribution in [1.82, 2.24) is 4.31 Å². The number of nitro groups is 1. The summed E-state index contributed by atoms with van der Waals surface area (Å²) >= 11 is 1.55. The highest BCUT2D eigenvalue weighted by atomic mass is 32.2. The minimum atomic E-state index is -0.369. The van der Waals surface area contributed by atoms with Crippen molar-refractivity contribution in [2.75, 3.05) is 13.1 Å². The van der Waals surface area contributed by atoms with Crippen LogP contribution in [0.3, 0.4) is 0 Å². The fourth-order valence-electron chi connectivity index (χ4n) is 1.16. The molecule has 0 fully saturated rings. The molecule has 0 aliphatic rings. The highest BCUT2D eigenvalue weighted by Gasteiger charge is 2.08. The lowest BCUT2D eigenvalue weighted by molar-refractivity contribution is -0.385. The lowest BCUT2D eigenvalue weighted by Gasteiger charge is -2.15. The molecule has 1 rings (SSSR count). The van der Waals surface area contributed by atoms with Crippen LogP contribution in [-0.2, 0) is 0 Å². The SMILES string of the molecule is CCN(CC)Sc1cccc([N+](=O)[O-])c1. The predicted molar refractivity (Wildman–Crippen MR) is 61.9 cm³/mol. The Balaban J connectivity index is 2.77. The monoisotopic (exact) mass is 226 g/mol. The summed E-state index contributed by atoms with van der Waals surface area (Å²) in [7, 11) is 0. The predicted octanol–water partition coefficient (Wildman–Crippen LogP) is 2.94. The highest BCUT2D eigenvalue weighted by Crippen LogP contribution is 2.25. The molecule has 0 N–H and O–H groups in total. The lowest BCUT2D eigenvalue weighted by Crippen LogP contribution is -2.13. The molecule has 0 aliphatic heterocycles. The van der Waals surface area contributed by atoms with Crippen LogP contribution in [0.25, 0.3) is 0 Å². The largest absolute Gasteiger partial charge is 0.270 e. The second kappa shape index (κ2) is 5.72. The summed E-state index contributed by atoms with van der Waals surface area (Å²) < 4.78 is 2.14. The molecule has 1 aromatic carbocycles. The molecule has 4 nitrogen and oxygen atoms in total. The first-order valence-corrected chi connectivity index (χ1v) is 5.62. The minimum Gasteiger partial charge on any atom is -0.258 e. The smallest absolute Gasteiger partial charge is 0.258 e. The Morgan fingerprint density at radius 1 is 1.40 bits per heavy atom. The number of nitrogens with zero attached hydrogens (tertiary/aromatic N) is 2. The molecular weight excluding hydrogens is 212 g/mol. The number of benzene rings is 1. The van der Waals surface area contributed by atoms with Gasteiger partial charge >= 0.3 is 0 Å². The van der Waals surface area contributed by atoms with Crippen LogP contribution < -0.4 is 0 Å². The summed E-state index contributed by atoms with van der Waals surface area (Å²) in [6.07, 6.45) is 0. The molecule has 0 saturated carbocycles. The number of hydrogen-bond acceptors (Lipinski definition) is 4. The first-order valence-electron chi connectivity index (χ1n) is 4.84. The zero-order valence-corrected chi connectivity index (χ0v) is 9.66. The van der Waals surface area contributed by atoms with Crippen LogP contribution in [-0.4, -0.2) is 22.3 Å². The molecule has 0 spiro atoms. The zero-order valence-electron chi connectivity index (χ0n) is 8.84. The van der Waals surface area contributed by atoms with Gasteiger partial charge in [-0.25, -0.2) is 4.31 Å². The topological polar surface area (TPSA) is 46.4 Å². The van der Waals surface area contributed by atoms with Crippen molar-refractivity contribution in [3.05, 3.63) is 34.4 Å². The quantitative estimate of drug-likeness (QED) is 0.440. The van der Waals surface area contributed by atoms with Gasteiger partial charge in [-0.15, -0.1) is 0 Å². The van der Waals surface area contributed by atoms with Crippen molar-refractivity contribution in [3.63, 3.8) is 0 Å². The lowest BCUT2D eigenvalue weighted by atomic mass is 10.3. The van der Waals surface area contributed by atoms with Gasteiger partial charge in [-0.2, -0.15) is 0 Å². The third-order valence-electron chi connectivity index (χ3n) is 1.97. The Bertz CT molecular complexity index is 340. The van der Waals surface area contributed by atoms with Crippen molar-refractivity contribution >= 4 is 17.6 Å². The van der Waals surface area contributed by atoms with E-state index < -0.39 is 0 Å². The Labute approximate surface area is 93.6 Å². The van der Waals surface area contributed by atoms with E-state index in [0.29, 0.717) is 0 Å². The second-order valence-corrected chi connectivity index (χ2v) is 4.13. The standard InChI is InChI=1S/C10H14N2O2S/c1-3-11(4-2)15-10-7-5-6-9(8-10)12(13)14/h5-8H,3-4H2,1-2H3. The number of rotatable bonds is 5. The maximum Gasteiger partial charge on any atom is 0.270 e. The highest BCUT2D eigenvalue weighted by molar-refractivity contribution is 7.97. The van der Waals surface area contributed by atoms with E-state index >= 15 is 0 Å². The van der Waals surface area contributed by atoms with Crippen molar-refractivity contribution in [2.45, 2.75) is 18.7 Å². The van der Waals surface area contributed by atoms with Crippen LogP contribution in [0.5, 0.6) is 0 Å². The summed E-state index contributed by atoms with van der Waals surface area (Å²) in [5.74, 6) is 0. The molecule has 0 heterocycles. The van der Waals surface area contributed by atoms with Crippen molar-refractivity contribution in [2.24, 2.45) is 0 Å². The van der Waals surface area contributed by atoms with Crippen molar-refractivity contribution < 1.29 is 4.92 Å². The average Bonchev–Trinajstić information content (AvgIpc) is 2.26. The number of non-ortho nitro benzene ring substituents is 1. The molecule has 82 valence electrons. The summed E-state index contributed by atoms with van der Waals surface area (Å²) in [5, 5.41) is 10.6. The number of nitro benzene ring substituents is 1. The average molecular weight is 226 g/mol. The van der Waals surface area contributed by atoms with Gasteiger partial charge in [-0.3, -0.25) is 10.1 Å². The Morgan fingerprint density at radius 2 is 2.07 bits per heavy atom. The molecule has 0 amide bonds. The molecule has 5 heteroatoms. The third kappa shape index (κ3) is 3.53. The van der Waals surface area contributed by atoms with Gasteiger partial charge in [0.2, 0.25) is 0 Å². The molecule has 0 aliphatic carbocycles. The second-order valence-electron chi connectivity index (χ2n) is 2.96. The van der Waals surface area contributed by atoms with Gasteiger partial charge in [0.15, 0.2) is 0 Å². The third-order valence-corrected chi connectivity index (χ3v) is 3.21. The van der Waals surface area contributed by atoms with Crippen LogP contribution in [0.1, 0.15) is 13.8 Å². The Hall–Kier alpha value is -1.07. The number of hydrogen-bond donors (Lipinski definition) is 0. The van der Waals surface area contributed by atoms with E-state index in [-0.39, 0.29) is 10.6 Å².